The number of amides is 4. The van der Waals surface area contributed by atoms with Gasteiger partial charge in [-0.3, -0.25) is 9.59 Å². The Hall–Kier alpha value is -7.30. The lowest BCUT2D eigenvalue weighted by atomic mass is 10.0. The molecule has 17 nitrogen and oxygen atoms in total. The number of aromatic nitrogens is 5. The maximum atomic E-state index is 14.1. The quantitative estimate of drug-likeness (QED) is 0.0978. The van der Waals surface area contributed by atoms with Gasteiger partial charge in [0.05, 0.1) is 67.9 Å². The zero-order valence-corrected chi connectivity index (χ0v) is 40.3. The van der Waals surface area contributed by atoms with Crippen LogP contribution in [0.3, 0.4) is 0 Å². The summed E-state index contributed by atoms with van der Waals surface area (Å²) in [6, 6.07) is 19.4. The molecule has 4 N–H and O–H groups in total. The van der Waals surface area contributed by atoms with E-state index in [1.165, 1.54) is 14.2 Å². The van der Waals surface area contributed by atoms with Gasteiger partial charge in [0.2, 0.25) is 18.0 Å². The minimum absolute atomic E-state index is 0.115. The van der Waals surface area contributed by atoms with Crippen LogP contribution < -0.4 is 20.1 Å². The Labute approximate surface area is 405 Å². The van der Waals surface area contributed by atoms with Gasteiger partial charge in [0.25, 0.3) is 0 Å². The Morgan fingerprint density at radius 2 is 1.44 bits per heavy atom. The third kappa shape index (κ3) is 7.98. The number of aryl methyl sites for hydroxylation is 1. The van der Waals surface area contributed by atoms with E-state index in [0.717, 1.165) is 112 Å². The minimum Gasteiger partial charge on any atom is -0.493 e. The molecule has 3 aromatic heterocycles. The second-order valence-electron chi connectivity index (χ2n) is 20.0. The van der Waals surface area contributed by atoms with E-state index in [-0.39, 0.29) is 41.8 Å². The fraction of sp³-hybridized carbons (Fsp3) is 0.434. The van der Waals surface area contributed by atoms with Crippen LogP contribution in [0.25, 0.3) is 44.7 Å². The van der Waals surface area contributed by atoms with Crippen LogP contribution in [0.15, 0.2) is 73.1 Å². The van der Waals surface area contributed by atoms with Gasteiger partial charge < -0.3 is 53.9 Å². The molecule has 4 aliphatic heterocycles. The van der Waals surface area contributed by atoms with Gasteiger partial charge in [0.1, 0.15) is 35.2 Å². The first-order valence-corrected chi connectivity index (χ1v) is 24.5. The highest BCUT2D eigenvalue weighted by Crippen LogP contribution is 2.54. The normalized spacial score (nSPS) is 21.8. The average molecular weight is 950 g/mol. The molecule has 3 aromatic carbocycles. The summed E-state index contributed by atoms with van der Waals surface area (Å²) in [5.74, 6) is 2.92. The number of methoxy groups -OCH3 is 2. The van der Waals surface area contributed by atoms with Crippen LogP contribution in [-0.4, -0.2) is 104 Å². The number of carbonyl (C=O) groups excluding carboxylic acids is 4. The zero-order valence-electron chi connectivity index (χ0n) is 40.3. The number of rotatable bonds is 11. The van der Waals surface area contributed by atoms with E-state index in [2.05, 4.69) is 85.8 Å². The van der Waals surface area contributed by atoms with Crippen LogP contribution in [0.2, 0.25) is 0 Å². The molecule has 364 valence electrons. The lowest BCUT2D eigenvalue weighted by molar-refractivity contribution is -0.137. The first kappa shape index (κ1) is 45.2. The molecule has 11 rings (SSSR count). The van der Waals surface area contributed by atoms with Crippen molar-refractivity contribution in [3.63, 3.8) is 0 Å². The number of hydrogen-bond donors (Lipinski definition) is 4. The molecular weight excluding hydrogens is 891 g/mol. The SMILES string of the molecule is COC(=O)NC(C(=O)N1CCC[C@H]1c1ncc(-c2ccc3c(c2)OC(c2ccc4c(c2)CCCO4)n2c-3cc3cc(-c4cnc([C@@H]5C[C@H]6C[C@H]6N5C(=O)C(NC(=O)OC)C(C)C)[nH]4)ccc32)[nH]1)C(C)C. The van der Waals surface area contributed by atoms with Crippen molar-refractivity contribution in [2.24, 2.45) is 17.8 Å². The number of H-pyrrole nitrogens is 2. The molecule has 0 radical (unpaired) electrons. The van der Waals surface area contributed by atoms with Crippen LogP contribution in [-0.2, 0) is 25.5 Å². The predicted molar refractivity (Wildman–Crippen MR) is 260 cm³/mol. The minimum atomic E-state index is -0.726. The summed E-state index contributed by atoms with van der Waals surface area (Å²) >= 11 is 0. The number of likely N-dealkylation sites (tertiary alicyclic amines) is 2. The Bertz CT molecular complexity index is 3030. The third-order valence-corrected chi connectivity index (χ3v) is 14.9. The number of piperidine rings is 1. The van der Waals surface area contributed by atoms with Gasteiger partial charge in [0.15, 0.2) is 0 Å². The number of ether oxygens (including phenoxy) is 4. The summed E-state index contributed by atoms with van der Waals surface area (Å²) in [6.07, 6.45) is 7.11. The van der Waals surface area contributed by atoms with Gasteiger partial charge in [0, 0.05) is 40.2 Å². The second kappa shape index (κ2) is 17.9. The van der Waals surface area contributed by atoms with Gasteiger partial charge >= 0.3 is 12.2 Å². The van der Waals surface area contributed by atoms with E-state index < -0.39 is 30.5 Å². The molecule has 0 bridgehead atoms. The molecule has 3 unspecified atom stereocenters. The van der Waals surface area contributed by atoms with Crippen LogP contribution in [0.4, 0.5) is 9.59 Å². The maximum absolute atomic E-state index is 14.1. The van der Waals surface area contributed by atoms with Crippen LogP contribution in [0.1, 0.15) is 101 Å². The van der Waals surface area contributed by atoms with Crippen molar-refractivity contribution in [3.8, 4) is 45.3 Å². The van der Waals surface area contributed by atoms with Crippen molar-refractivity contribution in [2.75, 3.05) is 27.4 Å². The molecule has 70 heavy (non-hydrogen) atoms. The number of nitrogens with one attached hydrogen (secondary N) is 4. The highest BCUT2D eigenvalue weighted by Gasteiger charge is 2.56. The van der Waals surface area contributed by atoms with Crippen LogP contribution in [0, 0.1) is 17.8 Å². The van der Waals surface area contributed by atoms with Crippen molar-refractivity contribution in [1.82, 2.24) is 44.9 Å². The molecule has 2 saturated heterocycles. The highest BCUT2D eigenvalue weighted by molar-refractivity contribution is 5.93. The average Bonchev–Trinajstić information content (AvgIpc) is 4.04. The molecule has 3 fully saturated rings. The number of carbonyl (C=O) groups is 4. The van der Waals surface area contributed by atoms with Gasteiger partial charge in [-0.05, 0) is 110 Å². The van der Waals surface area contributed by atoms with Gasteiger partial charge in [-0.1, -0.05) is 39.8 Å². The fourth-order valence-corrected chi connectivity index (χ4v) is 11.2. The van der Waals surface area contributed by atoms with Crippen LogP contribution >= 0.6 is 0 Å². The van der Waals surface area contributed by atoms with Crippen molar-refractivity contribution in [1.29, 1.82) is 0 Å². The van der Waals surface area contributed by atoms with E-state index in [9.17, 15) is 19.2 Å². The molecule has 7 atom stereocenters. The number of fused-ring (bicyclic) bond motifs is 7. The standard InChI is InChI=1S/C53H59N9O8/c1-27(2)45(58-52(65)67-5)49(63)60-17-7-10-39(60)47-54-26-37(56-47)30-11-14-35-41-22-33-19-29(12-15-38(33)62(41)51(70-44(35)24-30)32-13-16-43-31(20-32)9-8-18-69-43)36-25-55-48(57-36)42-23-34-21-40(34)61(42)50(64)46(28(3)4)59-53(66)68-6/h11-16,19-20,22,24-28,34,39-40,42,45-46,51H,7-10,17-18,21,23H2,1-6H3,(H,54,56)(H,55,57)(H,58,65)(H,59,66)/t34-,39+,40-,42+,45?,46?,51?/m1/s1. The number of alkyl carbamates (subject to hydrolysis) is 2. The van der Waals surface area contributed by atoms with E-state index in [4.69, 9.17) is 28.9 Å². The predicted octanol–water partition coefficient (Wildman–Crippen LogP) is 8.44. The molecule has 4 amide bonds. The molecule has 6 aromatic rings. The van der Waals surface area contributed by atoms with E-state index in [1.807, 2.05) is 49.9 Å². The van der Waals surface area contributed by atoms with Gasteiger partial charge in [-0.25, -0.2) is 19.6 Å². The number of imidazole rings is 2. The van der Waals surface area contributed by atoms with Gasteiger partial charge in [-0.2, -0.15) is 0 Å². The molecule has 7 heterocycles. The van der Waals surface area contributed by atoms with Crippen molar-refractivity contribution in [2.45, 2.75) is 103 Å². The van der Waals surface area contributed by atoms with E-state index >= 15 is 0 Å². The first-order chi connectivity index (χ1) is 33.9. The summed E-state index contributed by atoms with van der Waals surface area (Å²) in [6.45, 7) is 8.92. The lowest BCUT2D eigenvalue weighted by Gasteiger charge is -2.31. The molecule has 0 spiro atoms. The largest absolute Gasteiger partial charge is 0.493 e. The molecule has 5 aliphatic rings. The molecule has 1 saturated carbocycles. The van der Waals surface area contributed by atoms with Crippen LogP contribution in [0.5, 0.6) is 11.5 Å². The van der Waals surface area contributed by atoms with Crippen molar-refractivity contribution < 1.29 is 38.1 Å². The topological polar surface area (TPSA) is 198 Å². The lowest BCUT2D eigenvalue weighted by Crippen LogP contribution is -2.52. The van der Waals surface area contributed by atoms with Crippen molar-refractivity contribution in [3.05, 3.63) is 95.8 Å². The fourth-order valence-electron chi connectivity index (χ4n) is 11.2. The maximum Gasteiger partial charge on any atom is 0.407 e. The van der Waals surface area contributed by atoms with Gasteiger partial charge in [-0.15, -0.1) is 0 Å². The van der Waals surface area contributed by atoms with E-state index in [1.54, 1.807) is 0 Å². The molecular formula is C53H59N9O8. The number of aromatic amines is 2. The molecule has 17 heteroatoms. The summed E-state index contributed by atoms with van der Waals surface area (Å²) in [4.78, 5) is 72.9. The number of nitrogens with zero attached hydrogens (tertiary/aromatic N) is 5. The Morgan fingerprint density at radius 1 is 0.757 bits per heavy atom. The summed E-state index contributed by atoms with van der Waals surface area (Å²) < 4.78 is 25.1. The second-order valence-corrected chi connectivity index (χ2v) is 20.0. The first-order valence-electron chi connectivity index (χ1n) is 24.5. The summed E-state index contributed by atoms with van der Waals surface area (Å²) in [7, 11) is 2.60. The number of benzene rings is 3. The summed E-state index contributed by atoms with van der Waals surface area (Å²) in [5.41, 5.74) is 8.61. The third-order valence-electron chi connectivity index (χ3n) is 14.9. The number of hydrogen-bond acceptors (Lipinski definition) is 10. The monoisotopic (exact) mass is 949 g/mol. The highest BCUT2D eigenvalue weighted by atomic mass is 16.5. The Kier molecular flexibility index (Phi) is 11.5. The Morgan fingerprint density at radius 3 is 2.16 bits per heavy atom. The van der Waals surface area contributed by atoms with Crippen molar-refractivity contribution >= 4 is 34.9 Å². The zero-order chi connectivity index (χ0) is 48.5. The smallest absolute Gasteiger partial charge is 0.407 e. The summed E-state index contributed by atoms with van der Waals surface area (Å²) in [5, 5.41) is 6.52. The Balaban J connectivity index is 0.909. The van der Waals surface area contributed by atoms with E-state index in [0.29, 0.717) is 24.9 Å². The molecule has 1 aliphatic carbocycles.